The molecular formula is C14H21F2N3O. The van der Waals surface area contributed by atoms with Gasteiger partial charge in [0.15, 0.2) is 5.96 Å². The molecule has 0 saturated heterocycles. The highest BCUT2D eigenvalue weighted by Gasteiger charge is 2.09. The second-order valence-corrected chi connectivity index (χ2v) is 4.48. The van der Waals surface area contributed by atoms with Gasteiger partial charge in [0.25, 0.3) is 0 Å². The number of ether oxygens (including phenoxy) is 1. The van der Waals surface area contributed by atoms with Gasteiger partial charge in [-0.1, -0.05) is 18.2 Å². The standard InChI is InChI=1S/C14H21F2N3O/c1-4-17-14(19-10(2)3)18-9-11-7-5-6-8-12(11)20-13(15)16/h5-8,10,13H,4,9H2,1-3H3,(H2,17,18,19). The summed E-state index contributed by atoms with van der Waals surface area (Å²) in [4.78, 5) is 4.36. The van der Waals surface area contributed by atoms with Gasteiger partial charge in [-0.05, 0) is 26.8 Å². The summed E-state index contributed by atoms with van der Waals surface area (Å²) in [5.41, 5.74) is 0.619. The van der Waals surface area contributed by atoms with Crippen molar-refractivity contribution in [3.8, 4) is 5.75 Å². The molecule has 112 valence electrons. The molecule has 0 saturated carbocycles. The Kier molecular flexibility index (Phi) is 6.76. The molecule has 4 nitrogen and oxygen atoms in total. The Bertz CT molecular complexity index is 436. The molecular weight excluding hydrogens is 264 g/mol. The SMILES string of the molecule is CCNC(=NCc1ccccc1OC(F)F)NC(C)C. The van der Waals surface area contributed by atoms with Gasteiger partial charge in [0, 0.05) is 18.2 Å². The highest BCUT2D eigenvalue weighted by atomic mass is 19.3. The maximum Gasteiger partial charge on any atom is 0.387 e. The van der Waals surface area contributed by atoms with Crippen LogP contribution in [0.3, 0.4) is 0 Å². The molecule has 0 heterocycles. The Balaban J connectivity index is 2.79. The van der Waals surface area contributed by atoms with Crippen molar-refractivity contribution in [2.45, 2.75) is 40.0 Å². The van der Waals surface area contributed by atoms with Crippen LogP contribution in [0.5, 0.6) is 5.75 Å². The van der Waals surface area contributed by atoms with Crippen molar-refractivity contribution in [3.63, 3.8) is 0 Å². The van der Waals surface area contributed by atoms with E-state index in [9.17, 15) is 8.78 Å². The third-order valence-corrected chi connectivity index (χ3v) is 2.37. The first-order valence-electron chi connectivity index (χ1n) is 6.60. The Morgan fingerprint density at radius 2 is 2.00 bits per heavy atom. The van der Waals surface area contributed by atoms with E-state index in [4.69, 9.17) is 0 Å². The molecule has 6 heteroatoms. The third kappa shape index (κ3) is 5.86. The number of para-hydroxylation sites is 1. The zero-order valence-corrected chi connectivity index (χ0v) is 12.0. The third-order valence-electron chi connectivity index (χ3n) is 2.37. The summed E-state index contributed by atoms with van der Waals surface area (Å²) in [5, 5.41) is 6.26. The van der Waals surface area contributed by atoms with E-state index < -0.39 is 6.61 Å². The highest BCUT2D eigenvalue weighted by molar-refractivity contribution is 5.80. The minimum Gasteiger partial charge on any atom is -0.434 e. The lowest BCUT2D eigenvalue weighted by atomic mass is 10.2. The van der Waals surface area contributed by atoms with E-state index >= 15 is 0 Å². The predicted octanol–water partition coefficient (Wildman–Crippen LogP) is 2.75. The van der Waals surface area contributed by atoms with E-state index in [1.54, 1.807) is 18.2 Å². The second kappa shape index (κ2) is 8.35. The molecule has 2 N–H and O–H groups in total. The average Bonchev–Trinajstić information content (AvgIpc) is 2.36. The normalized spacial score (nSPS) is 11.8. The van der Waals surface area contributed by atoms with Crippen LogP contribution in [0.4, 0.5) is 8.78 Å². The first-order valence-corrected chi connectivity index (χ1v) is 6.60. The number of nitrogens with zero attached hydrogens (tertiary/aromatic N) is 1. The number of halogens is 2. The molecule has 0 radical (unpaired) electrons. The van der Waals surface area contributed by atoms with Crippen LogP contribution in [0.1, 0.15) is 26.3 Å². The maximum atomic E-state index is 12.3. The Labute approximate surface area is 118 Å². The van der Waals surface area contributed by atoms with Gasteiger partial charge in [0.05, 0.1) is 6.54 Å². The molecule has 0 aliphatic rings. The van der Waals surface area contributed by atoms with Gasteiger partial charge in [-0.2, -0.15) is 8.78 Å². The number of hydrogen-bond donors (Lipinski definition) is 2. The zero-order valence-electron chi connectivity index (χ0n) is 12.0. The van der Waals surface area contributed by atoms with E-state index in [1.165, 1.54) is 6.07 Å². The Morgan fingerprint density at radius 3 is 2.60 bits per heavy atom. The Morgan fingerprint density at radius 1 is 1.30 bits per heavy atom. The fraction of sp³-hybridized carbons (Fsp3) is 0.500. The summed E-state index contributed by atoms with van der Waals surface area (Å²) < 4.78 is 29.1. The monoisotopic (exact) mass is 285 g/mol. The molecule has 0 aliphatic carbocycles. The highest BCUT2D eigenvalue weighted by Crippen LogP contribution is 2.20. The summed E-state index contributed by atoms with van der Waals surface area (Å²) in [7, 11) is 0. The van der Waals surface area contributed by atoms with E-state index in [0.29, 0.717) is 11.5 Å². The van der Waals surface area contributed by atoms with Gasteiger partial charge in [-0.3, -0.25) is 0 Å². The Hall–Kier alpha value is -1.85. The number of hydrogen-bond acceptors (Lipinski definition) is 2. The fourth-order valence-corrected chi connectivity index (χ4v) is 1.60. The lowest BCUT2D eigenvalue weighted by Crippen LogP contribution is -2.41. The number of alkyl halides is 2. The minimum absolute atomic E-state index is 0.159. The van der Waals surface area contributed by atoms with Crippen LogP contribution in [0.25, 0.3) is 0 Å². The van der Waals surface area contributed by atoms with E-state index in [0.717, 1.165) is 6.54 Å². The van der Waals surface area contributed by atoms with Crippen molar-refractivity contribution in [1.29, 1.82) is 0 Å². The van der Waals surface area contributed by atoms with Gasteiger partial charge >= 0.3 is 6.61 Å². The van der Waals surface area contributed by atoms with Gasteiger partial charge in [-0.25, -0.2) is 4.99 Å². The second-order valence-electron chi connectivity index (χ2n) is 4.48. The maximum absolute atomic E-state index is 12.3. The van der Waals surface area contributed by atoms with Crippen molar-refractivity contribution in [2.24, 2.45) is 4.99 Å². The lowest BCUT2D eigenvalue weighted by molar-refractivity contribution is -0.0504. The van der Waals surface area contributed by atoms with E-state index in [-0.39, 0.29) is 18.3 Å². The van der Waals surface area contributed by atoms with Crippen LogP contribution < -0.4 is 15.4 Å². The summed E-state index contributed by atoms with van der Waals surface area (Å²) in [6.07, 6.45) is 0. The van der Waals surface area contributed by atoms with E-state index in [1.807, 2.05) is 20.8 Å². The van der Waals surface area contributed by atoms with Crippen molar-refractivity contribution in [2.75, 3.05) is 6.54 Å². The molecule has 1 aromatic carbocycles. The number of rotatable bonds is 6. The van der Waals surface area contributed by atoms with Crippen LogP contribution >= 0.6 is 0 Å². The van der Waals surface area contributed by atoms with Crippen molar-refractivity contribution >= 4 is 5.96 Å². The smallest absolute Gasteiger partial charge is 0.387 e. The summed E-state index contributed by atoms with van der Waals surface area (Å²) in [6.45, 7) is 4.13. The summed E-state index contributed by atoms with van der Waals surface area (Å²) in [5.74, 6) is 0.806. The van der Waals surface area contributed by atoms with Gasteiger partial charge in [0.2, 0.25) is 0 Å². The zero-order chi connectivity index (χ0) is 15.0. The molecule has 0 amide bonds. The minimum atomic E-state index is -2.83. The van der Waals surface area contributed by atoms with Gasteiger partial charge < -0.3 is 15.4 Å². The molecule has 20 heavy (non-hydrogen) atoms. The van der Waals surface area contributed by atoms with Gasteiger partial charge in [0.1, 0.15) is 5.75 Å². The number of benzene rings is 1. The molecule has 0 atom stereocenters. The summed E-state index contributed by atoms with van der Waals surface area (Å²) in [6, 6.07) is 6.90. The van der Waals surface area contributed by atoms with Crippen molar-refractivity contribution < 1.29 is 13.5 Å². The number of aliphatic imine (C=N–C) groups is 1. The lowest BCUT2D eigenvalue weighted by Gasteiger charge is -2.14. The summed E-state index contributed by atoms with van der Waals surface area (Å²) >= 11 is 0. The molecule has 0 fully saturated rings. The average molecular weight is 285 g/mol. The molecule has 0 unspecified atom stereocenters. The van der Waals surface area contributed by atoms with Crippen molar-refractivity contribution in [1.82, 2.24) is 10.6 Å². The van der Waals surface area contributed by atoms with Crippen LogP contribution in [-0.2, 0) is 6.54 Å². The van der Waals surface area contributed by atoms with Crippen molar-refractivity contribution in [3.05, 3.63) is 29.8 Å². The van der Waals surface area contributed by atoms with Crippen LogP contribution in [0.2, 0.25) is 0 Å². The topological polar surface area (TPSA) is 45.7 Å². The first kappa shape index (κ1) is 16.2. The number of guanidine groups is 1. The molecule has 0 spiro atoms. The fourth-order valence-electron chi connectivity index (χ4n) is 1.60. The first-order chi connectivity index (χ1) is 9.52. The molecule has 1 rings (SSSR count). The molecule has 0 aliphatic heterocycles. The molecule has 0 aromatic heterocycles. The van der Waals surface area contributed by atoms with Crippen LogP contribution in [0, 0.1) is 0 Å². The molecule has 1 aromatic rings. The largest absolute Gasteiger partial charge is 0.434 e. The van der Waals surface area contributed by atoms with Crippen LogP contribution in [-0.4, -0.2) is 25.2 Å². The van der Waals surface area contributed by atoms with Crippen LogP contribution in [0.15, 0.2) is 29.3 Å². The molecule has 0 bridgehead atoms. The number of nitrogens with one attached hydrogen (secondary N) is 2. The predicted molar refractivity (Wildman–Crippen MR) is 76.2 cm³/mol. The van der Waals surface area contributed by atoms with E-state index in [2.05, 4.69) is 20.4 Å². The van der Waals surface area contributed by atoms with Gasteiger partial charge in [-0.15, -0.1) is 0 Å². The quantitative estimate of drug-likeness (QED) is 0.624.